The minimum absolute atomic E-state index is 0.00316. The second-order valence-electron chi connectivity index (χ2n) is 8.49. The predicted octanol–water partition coefficient (Wildman–Crippen LogP) is 4.22. The highest BCUT2D eigenvalue weighted by Gasteiger charge is 2.50. The highest BCUT2D eigenvalue weighted by molar-refractivity contribution is 5.97. The summed E-state index contributed by atoms with van der Waals surface area (Å²) < 4.78 is 16.1. The summed E-state index contributed by atoms with van der Waals surface area (Å²) in [5, 5.41) is 11.5. The first-order chi connectivity index (χ1) is 15.0. The van der Waals surface area contributed by atoms with E-state index in [4.69, 9.17) is 14.2 Å². The Labute approximate surface area is 183 Å². The van der Waals surface area contributed by atoms with Gasteiger partial charge in [0.15, 0.2) is 0 Å². The van der Waals surface area contributed by atoms with E-state index in [1.807, 2.05) is 29.2 Å². The molecule has 0 unspecified atom stereocenters. The van der Waals surface area contributed by atoms with Crippen molar-refractivity contribution in [3.8, 4) is 17.2 Å². The Hall–Kier alpha value is -2.73. The predicted molar refractivity (Wildman–Crippen MR) is 118 cm³/mol. The zero-order valence-electron chi connectivity index (χ0n) is 18.5. The molecule has 31 heavy (non-hydrogen) atoms. The molecule has 2 aliphatic rings. The molecule has 2 fully saturated rings. The summed E-state index contributed by atoms with van der Waals surface area (Å²) in [4.78, 5) is 15.7. The van der Waals surface area contributed by atoms with Crippen molar-refractivity contribution in [3.63, 3.8) is 0 Å². The van der Waals surface area contributed by atoms with Gasteiger partial charge in [0.1, 0.15) is 17.2 Å². The van der Waals surface area contributed by atoms with Crippen molar-refractivity contribution >= 4 is 5.91 Å². The molecule has 0 bridgehead atoms. The standard InChI is InChI=1S/C25H31NO5/c1-29-18-9-7-17(8-10-18)23-21-6-4-5-13-25(21,28)14-15-26(23)24(27)20-12-11-19(30-2)16-22(20)31-3/h7-12,16,21,23,28H,4-6,13-15H2,1-3H3/t21-,23+,25+/m0/s1. The zero-order valence-corrected chi connectivity index (χ0v) is 18.5. The van der Waals surface area contributed by atoms with E-state index >= 15 is 0 Å². The fourth-order valence-electron chi connectivity index (χ4n) is 5.25. The monoisotopic (exact) mass is 425 g/mol. The van der Waals surface area contributed by atoms with Gasteiger partial charge in [-0.05, 0) is 49.1 Å². The molecular weight excluding hydrogens is 394 g/mol. The van der Waals surface area contributed by atoms with E-state index < -0.39 is 5.60 Å². The molecule has 2 aromatic rings. The molecule has 2 aromatic carbocycles. The Morgan fingerprint density at radius 1 is 0.968 bits per heavy atom. The van der Waals surface area contributed by atoms with Gasteiger partial charge in [0, 0.05) is 18.5 Å². The Morgan fingerprint density at radius 2 is 1.68 bits per heavy atom. The zero-order chi connectivity index (χ0) is 22.0. The van der Waals surface area contributed by atoms with Crippen LogP contribution in [0.2, 0.25) is 0 Å². The first-order valence-electron chi connectivity index (χ1n) is 10.9. The van der Waals surface area contributed by atoms with Crippen LogP contribution in [-0.2, 0) is 0 Å². The molecule has 6 heteroatoms. The number of nitrogens with zero attached hydrogens (tertiary/aromatic N) is 1. The number of aliphatic hydroxyl groups is 1. The van der Waals surface area contributed by atoms with Gasteiger partial charge in [-0.3, -0.25) is 4.79 Å². The largest absolute Gasteiger partial charge is 0.497 e. The van der Waals surface area contributed by atoms with Gasteiger partial charge in [-0.25, -0.2) is 0 Å². The maximum Gasteiger partial charge on any atom is 0.258 e. The summed E-state index contributed by atoms with van der Waals surface area (Å²) in [5.41, 5.74) is 0.790. The average Bonchev–Trinajstić information content (AvgIpc) is 2.82. The van der Waals surface area contributed by atoms with Crippen molar-refractivity contribution in [1.82, 2.24) is 4.90 Å². The molecule has 1 saturated heterocycles. The summed E-state index contributed by atoms with van der Waals surface area (Å²) in [5.74, 6) is 1.81. The number of ether oxygens (including phenoxy) is 3. The highest BCUT2D eigenvalue weighted by Crippen LogP contribution is 2.50. The number of benzene rings is 2. The second kappa shape index (κ2) is 8.79. The Morgan fingerprint density at radius 3 is 2.35 bits per heavy atom. The normalized spacial score (nSPS) is 25.5. The maximum absolute atomic E-state index is 13.8. The number of piperidine rings is 1. The third-order valence-electron chi connectivity index (χ3n) is 6.92. The number of amides is 1. The number of fused-ring (bicyclic) bond motifs is 1. The molecule has 6 nitrogen and oxygen atoms in total. The van der Waals surface area contributed by atoms with Crippen molar-refractivity contribution in [2.45, 2.75) is 43.7 Å². The molecule has 3 atom stereocenters. The molecule has 0 aromatic heterocycles. The fraction of sp³-hybridized carbons (Fsp3) is 0.480. The lowest BCUT2D eigenvalue weighted by molar-refractivity contribution is -0.115. The van der Waals surface area contributed by atoms with Crippen LogP contribution in [-0.4, -0.2) is 49.4 Å². The van der Waals surface area contributed by atoms with Gasteiger partial charge in [-0.1, -0.05) is 25.0 Å². The van der Waals surface area contributed by atoms with E-state index in [2.05, 4.69) is 0 Å². The number of methoxy groups -OCH3 is 3. The van der Waals surface area contributed by atoms with E-state index in [9.17, 15) is 9.90 Å². The molecule has 1 heterocycles. The molecule has 1 amide bonds. The number of hydrogen-bond acceptors (Lipinski definition) is 5. The van der Waals surface area contributed by atoms with Crippen LogP contribution in [0.25, 0.3) is 0 Å². The van der Waals surface area contributed by atoms with Crippen molar-refractivity contribution in [2.24, 2.45) is 5.92 Å². The van der Waals surface area contributed by atoms with Gasteiger partial charge < -0.3 is 24.2 Å². The number of carbonyl (C=O) groups is 1. The van der Waals surface area contributed by atoms with Crippen LogP contribution in [0.4, 0.5) is 0 Å². The van der Waals surface area contributed by atoms with Gasteiger partial charge in [0.25, 0.3) is 5.91 Å². The van der Waals surface area contributed by atoms with Crippen LogP contribution in [0.15, 0.2) is 42.5 Å². The van der Waals surface area contributed by atoms with Crippen molar-refractivity contribution < 1.29 is 24.1 Å². The Kier molecular flexibility index (Phi) is 6.10. The molecule has 1 N–H and O–H groups in total. The molecule has 166 valence electrons. The van der Waals surface area contributed by atoms with Crippen molar-refractivity contribution in [3.05, 3.63) is 53.6 Å². The average molecular weight is 426 g/mol. The molecule has 1 aliphatic heterocycles. The molecule has 4 rings (SSSR count). The molecule has 1 saturated carbocycles. The van der Waals surface area contributed by atoms with Crippen LogP contribution >= 0.6 is 0 Å². The second-order valence-corrected chi connectivity index (χ2v) is 8.49. The van der Waals surface area contributed by atoms with Gasteiger partial charge in [0.2, 0.25) is 0 Å². The smallest absolute Gasteiger partial charge is 0.258 e. The highest BCUT2D eigenvalue weighted by atomic mass is 16.5. The summed E-state index contributed by atoms with van der Waals surface area (Å²) in [7, 11) is 4.79. The summed E-state index contributed by atoms with van der Waals surface area (Å²) in [6, 6.07) is 12.9. The number of rotatable bonds is 5. The lowest BCUT2D eigenvalue weighted by atomic mass is 9.66. The topological polar surface area (TPSA) is 68.2 Å². The fourth-order valence-corrected chi connectivity index (χ4v) is 5.25. The summed E-state index contributed by atoms with van der Waals surface area (Å²) >= 11 is 0. The summed E-state index contributed by atoms with van der Waals surface area (Å²) in [6.07, 6.45) is 4.37. The molecule has 0 spiro atoms. The van der Waals surface area contributed by atoms with Gasteiger partial charge >= 0.3 is 0 Å². The number of likely N-dealkylation sites (tertiary alicyclic amines) is 1. The quantitative estimate of drug-likeness (QED) is 0.777. The van der Waals surface area contributed by atoms with E-state index in [1.165, 1.54) is 0 Å². The number of carbonyl (C=O) groups excluding carboxylic acids is 1. The first-order valence-corrected chi connectivity index (χ1v) is 10.9. The molecular formula is C25H31NO5. The van der Waals surface area contributed by atoms with E-state index in [0.717, 1.165) is 37.0 Å². The van der Waals surface area contributed by atoms with Crippen LogP contribution in [0.1, 0.15) is 54.1 Å². The lowest BCUT2D eigenvalue weighted by Crippen LogP contribution is -2.56. The third kappa shape index (κ3) is 3.97. The Balaban J connectivity index is 1.75. The van der Waals surface area contributed by atoms with Crippen molar-refractivity contribution in [1.29, 1.82) is 0 Å². The van der Waals surface area contributed by atoms with Gasteiger partial charge in [-0.15, -0.1) is 0 Å². The van der Waals surface area contributed by atoms with Gasteiger partial charge in [-0.2, -0.15) is 0 Å². The SMILES string of the molecule is COc1ccc([C@@H]2[C@@H]3CCCC[C@@]3(O)CCN2C(=O)c2ccc(OC)cc2OC)cc1. The Bertz CT molecular complexity index is 928. The van der Waals surface area contributed by atoms with Crippen LogP contribution in [0.5, 0.6) is 17.2 Å². The minimum Gasteiger partial charge on any atom is -0.497 e. The number of hydrogen-bond donors (Lipinski definition) is 1. The van der Waals surface area contributed by atoms with E-state index in [1.54, 1.807) is 39.5 Å². The van der Waals surface area contributed by atoms with E-state index in [-0.39, 0.29) is 17.9 Å². The molecule has 0 radical (unpaired) electrons. The van der Waals surface area contributed by atoms with E-state index in [0.29, 0.717) is 30.0 Å². The van der Waals surface area contributed by atoms with Crippen LogP contribution < -0.4 is 14.2 Å². The maximum atomic E-state index is 13.8. The van der Waals surface area contributed by atoms with Gasteiger partial charge in [0.05, 0.1) is 38.5 Å². The summed E-state index contributed by atoms with van der Waals surface area (Å²) in [6.45, 7) is 0.498. The van der Waals surface area contributed by atoms with Crippen molar-refractivity contribution in [2.75, 3.05) is 27.9 Å². The first kappa shape index (κ1) is 21.5. The minimum atomic E-state index is -0.733. The molecule has 1 aliphatic carbocycles. The van der Waals surface area contributed by atoms with Crippen LogP contribution in [0, 0.1) is 5.92 Å². The van der Waals surface area contributed by atoms with Crippen LogP contribution in [0.3, 0.4) is 0 Å². The third-order valence-corrected chi connectivity index (χ3v) is 6.92. The lowest BCUT2D eigenvalue weighted by Gasteiger charge is -2.52.